The number of para-hydroxylation sites is 1. The fraction of sp³-hybridized carbons (Fsp3) is 0.269. The third-order valence-corrected chi connectivity index (χ3v) is 7.65. The second-order valence-electron chi connectivity index (χ2n) is 8.50. The Morgan fingerprint density at radius 1 is 0.971 bits per heavy atom. The highest BCUT2D eigenvalue weighted by Crippen LogP contribution is 2.38. The van der Waals surface area contributed by atoms with Gasteiger partial charge in [0.15, 0.2) is 11.5 Å². The first kappa shape index (κ1) is 22.3. The molecule has 3 aromatic carbocycles. The molecule has 1 saturated heterocycles. The topological polar surface area (TPSA) is 84.9 Å². The van der Waals surface area contributed by atoms with Crippen LogP contribution in [-0.2, 0) is 10.0 Å². The van der Waals surface area contributed by atoms with Gasteiger partial charge in [-0.1, -0.05) is 24.3 Å². The van der Waals surface area contributed by atoms with Crippen molar-refractivity contribution in [2.75, 3.05) is 24.5 Å². The number of carbonyl (C=O) groups excluding carboxylic acids is 1. The summed E-state index contributed by atoms with van der Waals surface area (Å²) in [5.41, 5.74) is 2.83. The average Bonchev–Trinajstić information content (AvgIpc) is 3.35. The van der Waals surface area contributed by atoms with E-state index in [0.717, 1.165) is 29.7 Å². The second-order valence-corrected chi connectivity index (χ2v) is 10.2. The summed E-state index contributed by atoms with van der Waals surface area (Å²) in [4.78, 5) is 15.3. The molecule has 8 heteroatoms. The van der Waals surface area contributed by atoms with E-state index < -0.39 is 10.0 Å². The second kappa shape index (κ2) is 9.02. The van der Waals surface area contributed by atoms with Crippen LogP contribution in [0.3, 0.4) is 0 Å². The molecule has 1 fully saturated rings. The van der Waals surface area contributed by atoms with Crippen molar-refractivity contribution in [3.8, 4) is 11.5 Å². The van der Waals surface area contributed by atoms with Gasteiger partial charge in [0.25, 0.3) is 15.9 Å². The molecule has 34 heavy (non-hydrogen) atoms. The van der Waals surface area contributed by atoms with Crippen LogP contribution in [0.25, 0.3) is 0 Å². The summed E-state index contributed by atoms with van der Waals surface area (Å²) in [6.07, 6.45) is 1.76. The molecular weight excluding hydrogens is 452 g/mol. The Bertz CT molecular complexity index is 1320. The molecule has 1 amide bonds. The van der Waals surface area contributed by atoms with Crippen LogP contribution < -0.4 is 14.2 Å². The van der Waals surface area contributed by atoms with Crippen LogP contribution in [0.2, 0.25) is 0 Å². The fourth-order valence-electron chi connectivity index (χ4n) is 4.46. The molecule has 2 aliphatic heterocycles. The number of nitrogens with zero attached hydrogens (tertiary/aromatic N) is 1. The lowest BCUT2D eigenvalue weighted by Gasteiger charge is -2.27. The number of sulfonamides is 1. The minimum atomic E-state index is -3.76. The molecule has 1 N–H and O–H groups in total. The molecule has 0 bridgehead atoms. The molecule has 0 aliphatic carbocycles. The molecule has 7 nitrogen and oxygen atoms in total. The molecule has 0 radical (unpaired) electrons. The molecule has 0 spiro atoms. The Hall–Kier alpha value is -3.52. The van der Waals surface area contributed by atoms with Crippen molar-refractivity contribution in [2.24, 2.45) is 0 Å². The van der Waals surface area contributed by atoms with E-state index in [2.05, 4.69) is 4.72 Å². The van der Waals surface area contributed by atoms with E-state index in [0.29, 0.717) is 36.8 Å². The Balaban J connectivity index is 1.34. The van der Waals surface area contributed by atoms with Crippen LogP contribution >= 0.6 is 0 Å². The predicted molar refractivity (Wildman–Crippen MR) is 129 cm³/mol. The van der Waals surface area contributed by atoms with Gasteiger partial charge in [-0.2, -0.15) is 0 Å². The van der Waals surface area contributed by atoms with Crippen LogP contribution in [-0.4, -0.2) is 39.0 Å². The molecule has 0 saturated carbocycles. The van der Waals surface area contributed by atoms with E-state index in [4.69, 9.17) is 9.47 Å². The Morgan fingerprint density at radius 3 is 2.47 bits per heavy atom. The molecule has 2 heterocycles. The predicted octanol–water partition coefficient (Wildman–Crippen LogP) is 4.54. The normalized spacial score (nSPS) is 17.4. The van der Waals surface area contributed by atoms with E-state index in [1.807, 2.05) is 42.2 Å². The number of aryl methyl sites for hydroxylation is 1. The SMILES string of the molecule is Cc1ccccc1NS(=O)(=O)c1ccc(C(=O)N2CCCC2c2ccc3c(c2)OCCO3)cc1. The van der Waals surface area contributed by atoms with Crippen LogP contribution in [0.1, 0.15) is 40.4 Å². The first-order chi connectivity index (χ1) is 16.4. The third-order valence-electron chi connectivity index (χ3n) is 6.27. The molecular formula is C26H26N2O5S. The summed E-state index contributed by atoms with van der Waals surface area (Å²) in [6.45, 7) is 3.53. The highest BCUT2D eigenvalue weighted by atomic mass is 32.2. The van der Waals surface area contributed by atoms with Crippen LogP contribution in [0.15, 0.2) is 71.6 Å². The zero-order valence-electron chi connectivity index (χ0n) is 18.9. The first-order valence-corrected chi connectivity index (χ1v) is 12.8. The third kappa shape index (κ3) is 4.33. The number of likely N-dealkylation sites (tertiary alicyclic amines) is 1. The van der Waals surface area contributed by atoms with Crippen LogP contribution in [0, 0.1) is 6.92 Å². The summed E-state index contributed by atoms with van der Waals surface area (Å²) in [5.74, 6) is 1.31. The Kier molecular flexibility index (Phi) is 5.91. The number of amides is 1. The maximum atomic E-state index is 13.3. The fourth-order valence-corrected chi connectivity index (χ4v) is 5.59. The quantitative estimate of drug-likeness (QED) is 0.582. The van der Waals surface area contributed by atoms with Crippen molar-refractivity contribution >= 4 is 21.6 Å². The largest absolute Gasteiger partial charge is 0.486 e. The van der Waals surface area contributed by atoms with Gasteiger partial charge < -0.3 is 14.4 Å². The van der Waals surface area contributed by atoms with Gasteiger partial charge in [-0.05, 0) is 73.4 Å². The van der Waals surface area contributed by atoms with E-state index in [-0.39, 0.29) is 16.8 Å². The van der Waals surface area contributed by atoms with Crippen molar-refractivity contribution in [3.05, 3.63) is 83.4 Å². The summed E-state index contributed by atoms with van der Waals surface area (Å²) >= 11 is 0. The van der Waals surface area contributed by atoms with Gasteiger partial charge in [-0.25, -0.2) is 8.42 Å². The lowest BCUT2D eigenvalue weighted by Crippen LogP contribution is -2.30. The molecule has 2 aliphatic rings. The maximum absolute atomic E-state index is 13.3. The van der Waals surface area contributed by atoms with Gasteiger partial charge in [0, 0.05) is 12.1 Å². The minimum Gasteiger partial charge on any atom is -0.486 e. The minimum absolute atomic E-state index is 0.0607. The zero-order chi connectivity index (χ0) is 23.7. The number of nitrogens with one attached hydrogen (secondary N) is 1. The highest BCUT2D eigenvalue weighted by Gasteiger charge is 2.31. The van der Waals surface area contributed by atoms with Crippen molar-refractivity contribution in [1.82, 2.24) is 4.90 Å². The molecule has 176 valence electrons. The van der Waals surface area contributed by atoms with Crippen molar-refractivity contribution in [3.63, 3.8) is 0 Å². The summed E-state index contributed by atoms with van der Waals surface area (Å²) < 4.78 is 39.6. The average molecular weight is 479 g/mol. The van der Waals surface area contributed by atoms with E-state index in [1.165, 1.54) is 12.1 Å². The van der Waals surface area contributed by atoms with E-state index >= 15 is 0 Å². The number of benzene rings is 3. The smallest absolute Gasteiger partial charge is 0.261 e. The van der Waals surface area contributed by atoms with Gasteiger partial charge in [0.05, 0.1) is 16.6 Å². The van der Waals surface area contributed by atoms with Crippen LogP contribution in [0.4, 0.5) is 5.69 Å². The van der Waals surface area contributed by atoms with Gasteiger partial charge in [0.1, 0.15) is 13.2 Å². The number of hydrogen-bond donors (Lipinski definition) is 1. The van der Waals surface area contributed by atoms with Gasteiger partial charge in [0.2, 0.25) is 0 Å². The molecule has 5 rings (SSSR count). The summed E-state index contributed by atoms with van der Waals surface area (Å²) in [6, 6.07) is 19.1. The van der Waals surface area contributed by atoms with E-state index in [1.54, 1.807) is 24.3 Å². The zero-order valence-corrected chi connectivity index (χ0v) is 19.7. The number of ether oxygens (including phenoxy) is 2. The first-order valence-electron chi connectivity index (χ1n) is 11.3. The monoisotopic (exact) mass is 478 g/mol. The van der Waals surface area contributed by atoms with Gasteiger partial charge in [-0.3, -0.25) is 9.52 Å². The standard InChI is InChI=1S/C26H26N2O5S/c1-18-5-2-3-6-22(18)27-34(30,31)21-11-8-19(9-12-21)26(29)28-14-4-7-23(28)20-10-13-24-25(17-20)33-16-15-32-24/h2-3,5-6,8-13,17,23,27H,4,7,14-16H2,1H3. The molecule has 0 aromatic heterocycles. The maximum Gasteiger partial charge on any atom is 0.261 e. The van der Waals surface area contributed by atoms with Crippen molar-refractivity contribution in [1.29, 1.82) is 0 Å². The lowest BCUT2D eigenvalue weighted by atomic mass is 10.0. The summed E-state index contributed by atoms with van der Waals surface area (Å²) in [7, 11) is -3.76. The Morgan fingerprint density at radius 2 is 1.71 bits per heavy atom. The lowest BCUT2D eigenvalue weighted by molar-refractivity contribution is 0.0735. The molecule has 3 aromatic rings. The van der Waals surface area contributed by atoms with Gasteiger partial charge in [-0.15, -0.1) is 0 Å². The van der Waals surface area contributed by atoms with Crippen LogP contribution in [0.5, 0.6) is 11.5 Å². The van der Waals surface area contributed by atoms with E-state index in [9.17, 15) is 13.2 Å². The molecule has 1 atom stereocenters. The number of fused-ring (bicyclic) bond motifs is 1. The number of anilines is 1. The highest BCUT2D eigenvalue weighted by molar-refractivity contribution is 7.92. The van der Waals surface area contributed by atoms with Gasteiger partial charge >= 0.3 is 0 Å². The number of carbonyl (C=O) groups is 1. The number of rotatable bonds is 5. The summed E-state index contributed by atoms with van der Waals surface area (Å²) in [5, 5.41) is 0. The Labute approximate surface area is 199 Å². The number of hydrogen-bond acceptors (Lipinski definition) is 5. The molecule has 1 unspecified atom stereocenters. The van der Waals surface area contributed by atoms with Crippen molar-refractivity contribution < 1.29 is 22.7 Å². The van der Waals surface area contributed by atoms with Crippen molar-refractivity contribution in [2.45, 2.75) is 30.7 Å².